The Bertz CT molecular complexity index is 459. The molecular weight excluding hydrogens is 303 g/mol. The van der Waals surface area contributed by atoms with Gasteiger partial charge >= 0.3 is 0 Å². The highest BCUT2D eigenvalue weighted by Crippen LogP contribution is 2.20. The Morgan fingerprint density at radius 3 is 2.60 bits per heavy atom. The van der Waals surface area contributed by atoms with Gasteiger partial charge in [0.15, 0.2) is 0 Å². The van der Waals surface area contributed by atoms with E-state index < -0.39 is 0 Å². The lowest BCUT2D eigenvalue weighted by Gasteiger charge is -2.02. The second-order valence-corrected chi connectivity index (χ2v) is 4.29. The number of halogens is 1. The molecule has 0 radical (unpaired) electrons. The minimum atomic E-state index is 0.313. The number of aromatic hydroxyl groups is 1. The number of aromatic nitrogens is 2. The normalized spacial score (nSPS) is 10.2. The fourth-order valence-electron chi connectivity index (χ4n) is 1.26. The second-order valence-electron chi connectivity index (χ2n) is 3.13. The van der Waals surface area contributed by atoms with Gasteiger partial charge in [-0.2, -0.15) is 0 Å². The summed E-state index contributed by atoms with van der Waals surface area (Å²) in [5.41, 5.74) is 1.10. The maximum Gasteiger partial charge on any atom is 0.132 e. The van der Waals surface area contributed by atoms with Gasteiger partial charge in [0, 0.05) is 18.8 Å². The highest BCUT2D eigenvalue weighted by molar-refractivity contribution is 14.1. The maximum absolute atomic E-state index is 9.37. The molecule has 0 spiro atoms. The van der Waals surface area contributed by atoms with Crippen LogP contribution in [0.2, 0.25) is 0 Å². The zero-order valence-corrected chi connectivity index (χ0v) is 10.0. The van der Waals surface area contributed by atoms with Gasteiger partial charge in [-0.25, -0.2) is 9.97 Å². The van der Waals surface area contributed by atoms with E-state index in [9.17, 15) is 5.11 Å². The van der Waals surface area contributed by atoms with Crippen molar-refractivity contribution in [2.24, 2.45) is 0 Å². The van der Waals surface area contributed by atoms with Crippen molar-refractivity contribution in [2.75, 3.05) is 0 Å². The lowest BCUT2D eigenvalue weighted by atomic mass is 10.1. The molecule has 1 heterocycles. The van der Waals surface area contributed by atoms with Crippen molar-refractivity contribution in [3.8, 4) is 5.75 Å². The summed E-state index contributed by atoms with van der Waals surface area (Å²) < 4.78 is 0.848. The Hall–Kier alpha value is -1.17. The van der Waals surface area contributed by atoms with E-state index in [1.165, 1.54) is 0 Å². The molecule has 1 N–H and O–H groups in total. The first-order valence-electron chi connectivity index (χ1n) is 4.49. The van der Waals surface area contributed by atoms with Gasteiger partial charge in [0.2, 0.25) is 0 Å². The van der Waals surface area contributed by atoms with Crippen molar-refractivity contribution in [1.29, 1.82) is 0 Å². The largest absolute Gasteiger partial charge is 0.507 e. The highest BCUT2D eigenvalue weighted by atomic mass is 127. The second kappa shape index (κ2) is 4.57. The third-order valence-electron chi connectivity index (χ3n) is 1.99. The number of benzene rings is 1. The van der Waals surface area contributed by atoms with Crippen LogP contribution in [0.3, 0.4) is 0 Å². The van der Waals surface area contributed by atoms with Crippen LogP contribution < -0.4 is 0 Å². The summed E-state index contributed by atoms with van der Waals surface area (Å²) in [6.07, 6.45) is 4.15. The third kappa shape index (κ3) is 2.65. The van der Waals surface area contributed by atoms with Crippen LogP contribution in [0.15, 0.2) is 36.7 Å². The minimum Gasteiger partial charge on any atom is -0.507 e. The lowest BCUT2D eigenvalue weighted by Crippen LogP contribution is -1.95. The van der Waals surface area contributed by atoms with Crippen molar-refractivity contribution in [2.45, 2.75) is 6.42 Å². The molecule has 1 aromatic heterocycles. The molecule has 2 aromatic rings. The maximum atomic E-state index is 9.37. The molecule has 4 heteroatoms. The molecule has 1 aromatic carbocycles. The first kappa shape index (κ1) is 10.4. The Labute approximate surface area is 101 Å². The van der Waals surface area contributed by atoms with Gasteiger partial charge in [-0.1, -0.05) is 6.07 Å². The summed E-state index contributed by atoms with van der Waals surface area (Å²) in [5.74, 6) is 1.10. The lowest BCUT2D eigenvalue weighted by molar-refractivity contribution is 0.471. The molecule has 0 atom stereocenters. The van der Waals surface area contributed by atoms with E-state index in [1.807, 2.05) is 12.1 Å². The molecule has 0 saturated heterocycles. The molecule has 0 aliphatic carbocycles. The van der Waals surface area contributed by atoms with Crippen LogP contribution in [0.4, 0.5) is 0 Å². The van der Waals surface area contributed by atoms with Gasteiger partial charge < -0.3 is 5.11 Å². The number of rotatable bonds is 2. The Kier molecular flexibility index (Phi) is 3.15. The summed E-state index contributed by atoms with van der Waals surface area (Å²) in [5, 5.41) is 9.37. The average Bonchev–Trinajstić information content (AvgIpc) is 2.25. The molecule has 15 heavy (non-hydrogen) atoms. The van der Waals surface area contributed by atoms with Gasteiger partial charge in [-0.15, -0.1) is 0 Å². The van der Waals surface area contributed by atoms with Crippen LogP contribution in [-0.4, -0.2) is 15.1 Å². The third-order valence-corrected chi connectivity index (χ3v) is 2.86. The van der Waals surface area contributed by atoms with E-state index in [2.05, 4.69) is 32.6 Å². The number of phenolic OH excluding ortho intramolecular Hbond substituents is 1. The van der Waals surface area contributed by atoms with Crippen molar-refractivity contribution in [3.63, 3.8) is 0 Å². The predicted molar refractivity (Wildman–Crippen MR) is 65.7 cm³/mol. The molecule has 0 fully saturated rings. The topological polar surface area (TPSA) is 46.0 Å². The van der Waals surface area contributed by atoms with Gasteiger partial charge in [-0.05, 0) is 46.4 Å². The monoisotopic (exact) mass is 312 g/mol. The fourth-order valence-corrected chi connectivity index (χ4v) is 1.84. The van der Waals surface area contributed by atoms with Gasteiger partial charge in [0.05, 0.1) is 3.57 Å². The Morgan fingerprint density at radius 2 is 1.93 bits per heavy atom. The molecule has 0 aliphatic heterocycles. The summed E-state index contributed by atoms with van der Waals surface area (Å²) in [6, 6.07) is 7.31. The van der Waals surface area contributed by atoms with Crippen molar-refractivity contribution in [1.82, 2.24) is 9.97 Å². The minimum absolute atomic E-state index is 0.313. The molecule has 2 rings (SSSR count). The number of hydrogen-bond acceptors (Lipinski definition) is 3. The number of nitrogens with zero attached hydrogens (tertiary/aromatic N) is 2. The van der Waals surface area contributed by atoms with E-state index in [4.69, 9.17) is 0 Å². The van der Waals surface area contributed by atoms with Crippen LogP contribution in [0.25, 0.3) is 0 Å². The molecular formula is C11H9IN2O. The molecule has 0 unspecified atom stereocenters. The smallest absolute Gasteiger partial charge is 0.132 e. The summed E-state index contributed by atoms with van der Waals surface area (Å²) in [4.78, 5) is 8.30. The van der Waals surface area contributed by atoms with Crippen molar-refractivity contribution >= 4 is 22.6 Å². The molecule has 0 bridgehead atoms. The van der Waals surface area contributed by atoms with E-state index >= 15 is 0 Å². The summed E-state index contributed by atoms with van der Waals surface area (Å²) in [7, 11) is 0. The first-order valence-corrected chi connectivity index (χ1v) is 5.57. The standard InChI is InChI=1S/C11H9IN2O/c12-9-6-8(2-3-10(9)15)7-11-13-4-1-5-14-11/h1-6,15H,7H2. The van der Waals surface area contributed by atoms with Crippen LogP contribution in [0.5, 0.6) is 5.75 Å². The Morgan fingerprint density at radius 1 is 1.20 bits per heavy atom. The van der Waals surface area contributed by atoms with Gasteiger partial charge in [0.25, 0.3) is 0 Å². The average molecular weight is 312 g/mol. The zero-order chi connectivity index (χ0) is 10.7. The number of phenols is 1. The molecule has 3 nitrogen and oxygen atoms in total. The van der Waals surface area contributed by atoms with Crippen LogP contribution >= 0.6 is 22.6 Å². The first-order chi connectivity index (χ1) is 7.25. The van der Waals surface area contributed by atoms with Gasteiger partial charge in [-0.3, -0.25) is 0 Å². The van der Waals surface area contributed by atoms with Crippen LogP contribution in [0, 0.1) is 3.57 Å². The molecule has 76 valence electrons. The van der Waals surface area contributed by atoms with Gasteiger partial charge in [0.1, 0.15) is 11.6 Å². The van der Waals surface area contributed by atoms with E-state index in [0.29, 0.717) is 12.2 Å². The van der Waals surface area contributed by atoms with Crippen molar-refractivity contribution in [3.05, 3.63) is 51.6 Å². The quantitative estimate of drug-likeness (QED) is 0.866. The van der Waals surface area contributed by atoms with Crippen LogP contribution in [0.1, 0.15) is 11.4 Å². The van der Waals surface area contributed by atoms with E-state index in [0.717, 1.165) is 15.0 Å². The van der Waals surface area contributed by atoms with Crippen molar-refractivity contribution < 1.29 is 5.11 Å². The molecule has 0 aliphatic rings. The highest BCUT2D eigenvalue weighted by Gasteiger charge is 2.01. The van der Waals surface area contributed by atoms with E-state index in [1.54, 1.807) is 24.5 Å². The fraction of sp³-hybridized carbons (Fsp3) is 0.0909. The summed E-state index contributed by atoms with van der Waals surface area (Å²) >= 11 is 2.10. The van der Waals surface area contributed by atoms with Crippen LogP contribution in [-0.2, 0) is 6.42 Å². The summed E-state index contributed by atoms with van der Waals surface area (Å²) in [6.45, 7) is 0. The predicted octanol–water partition coefficient (Wildman–Crippen LogP) is 2.38. The molecule has 0 amide bonds. The van der Waals surface area contributed by atoms with E-state index in [-0.39, 0.29) is 0 Å². The SMILES string of the molecule is Oc1ccc(Cc2ncccn2)cc1I. The zero-order valence-electron chi connectivity index (χ0n) is 7.89. The number of hydrogen-bond donors (Lipinski definition) is 1. The molecule has 0 saturated carbocycles. The Balaban J connectivity index is 2.22.